The molecule has 5 nitrogen and oxygen atoms in total. The first-order valence-electron chi connectivity index (χ1n) is 7.62. The van der Waals surface area contributed by atoms with Gasteiger partial charge in [0.15, 0.2) is 0 Å². The maximum absolute atomic E-state index is 11.9. The van der Waals surface area contributed by atoms with Gasteiger partial charge in [0.25, 0.3) is 0 Å². The van der Waals surface area contributed by atoms with Gasteiger partial charge in [-0.2, -0.15) is 0 Å². The van der Waals surface area contributed by atoms with E-state index in [1.165, 1.54) is 0 Å². The second-order valence-electron chi connectivity index (χ2n) is 5.91. The average Bonchev–Trinajstić information content (AvgIpc) is 2.43. The first kappa shape index (κ1) is 15.8. The van der Waals surface area contributed by atoms with Crippen LogP contribution in [0.4, 0.5) is 11.4 Å². The number of likely N-dealkylation sites (N-methyl/N-ethyl adjacent to an activating group) is 1. The van der Waals surface area contributed by atoms with Crippen LogP contribution >= 0.6 is 0 Å². The van der Waals surface area contributed by atoms with E-state index in [2.05, 4.69) is 29.1 Å². The predicted octanol–water partition coefficient (Wildman–Crippen LogP) is 1.62. The van der Waals surface area contributed by atoms with Gasteiger partial charge >= 0.3 is 0 Å². The molecule has 2 rings (SSSR count). The van der Waals surface area contributed by atoms with Crippen molar-refractivity contribution in [1.82, 2.24) is 9.80 Å². The highest BCUT2D eigenvalue weighted by atomic mass is 16.1. The Morgan fingerprint density at radius 1 is 1.43 bits per heavy atom. The summed E-state index contributed by atoms with van der Waals surface area (Å²) in [4.78, 5) is 16.7. The normalized spacial score (nSPS) is 20.4. The zero-order valence-corrected chi connectivity index (χ0v) is 13.0. The summed E-state index contributed by atoms with van der Waals surface area (Å²) in [6.07, 6.45) is 1.44. The molecule has 0 aliphatic carbocycles. The van der Waals surface area contributed by atoms with Crippen LogP contribution in [0.5, 0.6) is 0 Å². The van der Waals surface area contributed by atoms with Crippen molar-refractivity contribution in [3.05, 3.63) is 24.3 Å². The Labute approximate surface area is 127 Å². The zero-order chi connectivity index (χ0) is 15.2. The Balaban J connectivity index is 1.68. The van der Waals surface area contributed by atoms with E-state index in [0.29, 0.717) is 18.2 Å². The SMILES string of the molecule is CC1CN(CCCC(=O)Nc2cccc(N)c2)CCN1C. The zero-order valence-electron chi connectivity index (χ0n) is 13.0. The van der Waals surface area contributed by atoms with Crippen molar-refractivity contribution in [3.8, 4) is 0 Å². The number of piperazine rings is 1. The number of carbonyl (C=O) groups is 1. The van der Waals surface area contributed by atoms with Gasteiger partial charge in [-0.1, -0.05) is 6.07 Å². The highest BCUT2D eigenvalue weighted by molar-refractivity contribution is 5.91. The number of nitrogen functional groups attached to an aromatic ring is 1. The van der Waals surface area contributed by atoms with E-state index < -0.39 is 0 Å². The van der Waals surface area contributed by atoms with E-state index in [0.717, 1.165) is 38.3 Å². The standard InChI is InChI=1S/C16H26N4O/c1-13-12-20(10-9-19(13)2)8-4-7-16(21)18-15-6-3-5-14(17)11-15/h3,5-6,11,13H,4,7-10,12,17H2,1-2H3,(H,18,21). The molecule has 1 heterocycles. The molecule has 116 valence electrons. The fraction of sp³-hybridized carbons (Fsp3) is 0.562. The van der Waals surface area contributed by atoms with E-state index in [9.17, 15) is 4.79 Å². The number of amides is 1. The minimum absolute atomic E-state index is 0.0581. The molecule has 0 saturated carbocycles. The van der Waals surface area contributed by atoms with Gasteiger partial charge in [0.1, 0.15) is 0 Å². The third kappa shape index (κ3) is 5.02. The molecule has 1 amide bonds. The summed E-state index contributed by atoms with van der Waals surface area (Å²) in [5, 5.41) is 2.89. The second kappa shape index (κ2) is 7.43. The number of nitrogens with one attached hydrogen (secondary N) is 1. The summed E-state index contributed by atoms with van der Waals surface area (Å²) in [5.74, 6) is 0.0581. The number of benzene rings is 1. The Bertz CT molecular complexity index is 477. The number of nitrogens with two attached hydrogens (primary N) is 1. The van der Waals surface area contributed by atoms with Crippen molar-refractivity contribution in [2.45, 2.75) is 25.8 Å². The fourth-order valence-electron chi connectivity index (χ4n) is 2.63. The van der Waals surface area contributed by atoms with Crippen LogP contribution in [0, 0.1) is 0 Å². The molecule has 1 saturated heterocycles. The quantitative estimate of drug-likeness (QED) is 0.809. The third-order valence-corrected chi connectivity index (χ3v) is 4.09. The maximum atomic E-state index is 11.9. The molecule has 0 bridgehead atoms. The molecule has 3 N–H and O–H groups in total. The van der Waals surface area contributed by atoms with Gasteiger partial charge in [-0.05, 0) is 45.1 Å². The van der Waals surface area contributed by atoms with Crippen molar-refractivity contribution in [2.75, 3.05) is 44.3 Å². The highest BCUT2D eigenvalue weighted by Crippen LogP contribution is 2.13. The Morgan fingerprint density at radius 2 is 2.24 bits per heavy atom. The molecule has 5 heteroatoms. The lowest BCUT2D eigenvalue weighted by Gasteiger charge is -2.37. The molecular formula is C16H26N4O. The Hall–Kier alpha value is -1.59. The molecule has 1 aliphatic rings. The Kier molecular flexibility index (Phi) is 5.59. The molecule has 1 atom stereocenters. The monoisotopic (exact) mass is 290 g/mol. The molecule has 0 spiro atoms. The smallest absolute Gasteiger partial charge is 0.224 e. The predicted molar refractivity (Wildman–Crippen MR) is 87.3 cm³/mol. The van der Waals surface area contributed by atoms with E-state index in [-0.39, 0.29) is 5.91 Å². The molecule has 0 aromatic heterocycles. The van der Waals surface area contributed by atoms with Gasteiger partial charge < -0.3 is 20.9 Å². The van der Waals surface area contributed by atoms with E-state index in [1.807, 2.05) is 18.2 Å². The van der Waals surface area contributed by atoms with Crippen molar-refractivity contribution in [2.24, 2.45) is 0 Å². The van der Waals surface area contributed by atoms with Gasteiger partial charge in [-0.15, -0.1) is 0 Å². The lowest BCUT2D eigenvalue weighted by molar-refractivity contribution is -0.116. The van der Waals surface area contributed by atoms with E-state index in [1.54, 1.807) is 6.07 Å². The summed E-state index contributed by atoms with van der Waals surface area (Å²) in [6, 6.07) is 7.89. The third-order valence-electron chi connectivity index (χ3n) is 4.09. The second-order valence-corrected chi connectivity index (χ2v) is 5.91. The van der Waals surface area contributed by atoms with Crippen molar-refractivity contribution in [3.63, 3.8) is 0 Å². The number of rotatable bonds is 5. The van der Waals surface area contributed by atoms with Crippen LogP contribution in [0.1, 0.15) is 19.8 Å². The van der Waals surface area contributed by atoms with Crippen LogP contribution < -0.4 is 11.1 Å². The van der Waals surface area contributed by atoms with Crippen molar-refractivity contribution >= 4 is 17.3 Å². The Morgan fingerprint density at radius 3 is 2.95 bits per heavy atom. The topological polar surface area (TPSA) is 61.6 Å². The molecule has 1 aromatic carbocycles. The number of anilines is 2. The van der Waals surface area contributed by atoms with Crippen LogP contribution in [0.2, 0.25) is 0 Å². The van der Waals surface area contributed by atoms with Crippen LogP contribution in [-0.2, 0) is 4.79 Å². The number of hydrogen-bond acceptors (Lipinski definition) is 4. The molecule has 1 fully saturated rings. The number of nitrogens with zero attached hydrogens (tertiary/aromatic N) is 2. The highest BCUT2D eigenvalue weighted by Gasteiger charge is 2.20. The van der Waals surface area contributed by atoms with Gasteiger partial charge in [-0.25, -0.2) is 0 Å². The maximum Gasteiger partial charge on any atom is 0.224 e. The lowest BCUT2D eigenvalue weighted by atomic mass is 10.2. The molecule has 1 aliphatic heterocycles. The van der Waals surface area contributed by atoms with Gasteiger partial charge in [0.05, 0.1) is 0 Å². The number of carbonyl (C=O) groups excluding carboxylic acids is 1. The van der Waals surface area contributed by atoms with Crippen molar-refractivity contribution < 1.29 is 4.79 Å². The van der Waals surface area contributed by atoms with E-state index in [4.69, 9.17) is 5.73 Å². The van der Waals surface area contributed by atoms with Crippen LogP contribution in [0.25, 0.3) is 0 Å². The van der Waals surface area contributed by atoms with Crippen LogP contribution in [0.15, 0.2) is 24.3 Å². The average molecular weight is 290 g/mol. The minimum atomic E-state index is 0.0581. The summed E-state index contributed by atoms with van der Waals surface area (Å²) in [7, 11) is 2.17. The van der Waals surface area contributed by atoms with Crippen molar-refractivity contribution in [1.29, 1.82) is 0 Å². The van der Waals surface area contributed by atoms with Crippen LogP contribution in [0.3, 0.4) is 0 Å². The summed E-state index contributed by atoms with van der Waals surface area (Å²) in [5.41, 5.74) is 7.13. The minimum Gasteiger partial charge on any atom is -0.399 e. The summed E-state index contributed by atoms with van der Waals surface area (Å²) >= 11 is 0. The summed E-state index contributed by atoms with van der Waals surface area (Å²) < 4.78 is 0. The molecule has 0 radical (unpaired) electrons. The first-order valence-corrected chi connectivity index (χ1v) is 7.62. The van der Waals surface area contributed by atoms with Gasteiger partial charge in [-0.3, -0.25) is 4.79 Å². The molecule has 1 aromatic rings. The first-order chi connectivity index (χ1) is 10.0. The van der Waals surface area contributed by atoms with Gasteiger partial charge in [0, 0.05) is 43.5 Å². The lowest BCUT2D eigenvalue weighted by Crippen LogP contribution is -2.50. The molecule has 21 heavy (non-hydrogen) atoms. The summed E-state index contributed by atoms with van der Waals surface area (Å²) in [6.45, 7) is 6.53. The van der Waals surface area contributed by atoms with Gasteiger partial charge in [0.2, 0.25) is 5.91 Å². The number of hydrogen-bond donors (Lipinski definition) is 2. The molecule has 1 unspecified atom stereocenters. The fourth-order valence-corrected chi connectivity index (χ4v) is 2.63. The molecular weight excluding hydrogens is 264 g/mol. The largest absolute Gasteiger partial charge is 0.399 e. The van der Waals surface area contributed by atoms with E-state index >= 15 is 0 Å². The van der Waals surface area contributed by atoms with Crippen LogP contribution in [-0.4, -0.2) is 55.0 Å².